The number of hydrogen-bond acceptors (Lipinski definition) is 7. The Kier molecular flexibility index (Phi) is 5.71. The first kappa shape index (κ1) is 21.5. The van der Waals surface area contributed by atoms with Gasteiger partial charge >= 0.3 is 0 Å². The number of nitrogens with zero attached hydrogens (tertiary/aromatic N) is 3. The summed E-state index contributed by atoms with van der Waals surface area (Å²) in [7, 11) is 0. The zero-order valence-electron chi connectivity index (χ0n) is 17.4. The number of allylic oxidation sites excluding steroid dienone is 3. The maximum absolute atomic E-state index is 13.2. The molecule has 0 aromatic carbocycles. The zero-order valence-corrected chi connectivity index (χ0v) is 20.6. The Morgan fingerprint density at radius 3 is 2.56 bits per heavy atom. The van der Waals surface area contributed by atoms with E-state index in [2.05, 4.69) is 28.1 Å². The minimum Gasteiger partial charge on any atom is -0.384 e. The highest BCUT2D eigenvalue weighted by molar-refractivity contribution is 9.11. The molecule has 0 radical (unpaired) electrons. The summed E-state index contributed by atoms with van der Waals surface area (Å²) >= 11 is 6.64. The highest BCUT2D eigenvalue weighted by Gasteiger charge is 2.42. The van der Waals surface area contributed by atoms with Crippen LogP contribution in [0.15, 0.2) is 38.6 Å². The fourth-order valence-electron chi connectivity index (χ4n) is 5.09. The zero-order chi connectivity index (χ0) is 22.4. The van der Waals surface area contributed by atoms with Crippen LogP contribution < -0.4 is 10.6 Å². The number of halogens is 1. The smallest absolute Gasteiger partial charge is 0.161 e. The number of nitrogens with two attached hydrogens (primary N) is 1. The van der Waals surface area contributed by atoms with Crippen LogP contribution in [0.3, 0.4) is 0 Å². The van der Waals surface area contributed by atoms with Crippen LogP contribution in [0.2, 0.25) is 0 Å². The Morgan fingerprint density at radius 1 is 1.03 bits per heavy atom. The first-order chi connectivity index (χ1) is 15.5. The molecule has 0 saturated heterocycles. The molecule has 1 atom stereocenters. The minimum atomic E-state index is -0.446. The number of thiophene rings is 2. The summed E-state index contributed by atoms with van der Waals surface area (Å²) in [5, 5.41) is 21.0. The highest BCUT2D eigenvalue weighted by Crippen LogP contribution is 2.51. The Bertz CT molecular complexity index is 1270. The molecule has 2 aromatic heterocycles. The van der Waals surface area contributed by atoms with Crippen molar-refractivity contribution in [3.05, 3.63) is 59.5 Å². The standard InChI is InChI=1S/C24H21BrN4OS2/c25-20-10-9-19(31-20)21-15(12-27)23(28)29(16-6-4-7-17(30)22(16)21)24-14(11-26)13-5-2-1-3-8-18(13)32-24/h9-10,21H,1-8,28H2. The Hall–Kier alpha value is -2.39. The van der Waals surface area contributed by atoms with Crippen molar-refractivity contribution >= 4 is 49.4 Å². The summed E-state index contributed by atoms with van der Waals surface area (Å²) in [4.78, 5) is 17.3. The fourth-order valence-corrected chi connectivity index (χ4v) is 8.01. The van der Waals surface area contributed by atoms with Gasteiger partial charge in [-0.05, 0) is 72.2 Å². The number of rotatable bonds is 2. The molecule has 1 unspecified atom stereocenters. The van der Waals surface area contributed by atoms with Crippen LogP contribution in [0.5, 0.6) is 0 Å². The lowest BCUT2D eigenvalue weighted by molar-refractivity contribution is -0.116. The first-order valence-electron chi connectivity index (χ1n) is 10.8. The maximum atomic E-state index is 13.2. The molecule has 5 rings (SSSR count). The topological polar surface area (TPSA) is 93.9 Å². The molecule has 2 N–H and O–H groups in total. The summed E-state index contributed by atoms with van der Waals surface area (Å²) < 4.78 is 0.949. The lowest BCUT2D eigenvalue weighted by Gasteiger charge is -2.38. The summed E-state index contributed by atoms with van der Waals surface area (Å²) in [6, 6.07) is 8.64. The third-order valence-electron chi connectivity index (χ3n) is 6.51. The number of carbonyl (C=O) groups is 1. The second-order valence-corrected chi connectivity index (χ2v) is 11.9. The van der Waals surface area contributed by atoms with E-state index in [4.69, 9.17) is 5.73 Å². The van der Waals surface area contributed by atoms with Gasteiger partial charge in [-0.1, -0.05) is 6.42 Å². The Balaban J connectivity index is 1.75. The molecule has 0 fully saturated rings. The van der Waals surface area contributed by atoms with Crippen molar-refractivity contribution in [3.63, 3.8) is 0 Å². The van der Waals surface area contributed by atoms with E-state index in [-0.39, 0.29) is 5.78 Å². The fraction of sp³-hybridized carbons (Fsp3) is 0.375. The molecule has 2 aromatic rings. The van der Waals surface area contributed by atoms with Gasteiger partial charge in [0.2, 0.25) is 0 Å². The quantitative estimate of drug-likeness (QED) is 0.484. The SMILES string of the molecule is N#CC1=C(N)N(c2sc3c(c2C#N)CCCCC3)C2=C(C(=O)CCC2)C1c1ccc(Br)s1. The predicted molar refractivity (Wildman–Crippen MR) is 130 cm³/mol. The molecule has 0 bridgehead atoms. The molecule has 32 heavy (non-hydrogen) atoms. The summed E-state index contributed by atoms with van der Waals surface area (Å²) in [6.45, 7) is 0. The molecule has 1 aliphatic heterocycles. The van der Waals surface area contributed by atoms with Crippen LogP contribution in [-0.2, 0) is 17.6 Å². The lowest BCUT2D eigenvalue weighted by atomic mass is 9.78. The number of anilines is 1. The van der Waals surface area contributed by atoms with E-state index < -0.39 is 5.92 Å². The number of ketones is 1. The number of aryl methyl sites for hydroxylation is 1. The van der Waals surface area contributed by atoms with Gasteiger partial charge in [0.05, 0.1) is 26.9 Å². The van der Waals surface area contributed by atoms with Gasteiger partial charge in [0.25, 0.3) is 0 Å². The van der Waals surface area contributed by atoms with Crippen molar-refractivity contribution in [2.24, 2.45) is 5.73 Å². The molecule has 0 spiro atoms. The van der Waals surface area contributed by atoms with Gasteiger partial charge in [0.1, 0.15) is 16.9 Å². The Morgan fingerprint density at radius 2 is 1.84 bits per heavy atom. The lowest BCUT2D eigenvalue weighted by Crippen LogP contribution is -2.38. The largest absolute Gasteiger partial charge is 0.384 e. The van der Waals surface area contributed by atoms with E-state index >= 15 is 0 Å². The molecule has 0 amide bonds. The molecule has 162 valence electrons. The van der Waals surface area contributed by atoms with Crippen LogP contribution in [0.1, 0.15) is 65.3 Å². The Labute approximate surface area is 203 Å². The average Bonchev–Trinajstić information content (AvgIpc) is 3.28. The first-order valence-corrected chi connectivity index (χ1v) is 13.2. The monoisotopic (exact) mass is 524 g/mol. The van der Waals surface area contributed by atoms with Crippen LogP contribution >= 0.6 is 38.6 Å². The van der Waals surface area contributed by atoms with Gasteiger partial charge in [-0.15, -0.1) is 22.7 Å². The summed E-state index contributed by atoms with van der Waals surface area (Å²) in [5.74, 6) is -0.0234. The van der Waals surface area contributed by atoms with Crippen LogP contribution in [0, 0.1) is 22.7 Å². The van der Waals surface area contributed by atoms with Gasteiger partial charge in [0, 0.05) is 27.4 Å². The molecule has 3 aliphatic rings. The van der Waals surface area contributed by atoms with Crippen LogP contribution in [0.25, 0.3) is 0 Å². The number of Topliss-reactive ketones (excluding diaryl/α,β-unsaturated/α-hetero) is 1. The van der Waals surface area contributed by atoms with Crippen LogP contribution in [0.4, 0.5) is 5.00 Å². The van der Waals surface area contributed by atoms with Crippen molar-refractivity contribution < 1.29 is 4.79 Å². The van der Waals surface area contributed by atoms with Gasteiger partial charge < -0.3 is 5.73 Å². The normalized spacial score (nSPS) is 21.0. The number of hydrogen-bond donors (Lipinski definition) is 1. The maximum Gasteiger partial charge on any atom is 0.161 e. The van der Waals surface area contributed by atoms with Crippen molar-refractivity contribution in [1.29, 1.82) is 10.5 Å². The van der Waals surface area contributed by atoms with Crippen molar-refractivity contribution in [3.8, 4) is 12.1 Å². The van der Waals surface area contributed by atoms with Gasteiger partial charge in [-0.25, -0.2) is 0 Å². The molecule has 3 heterocycles. The molecular weight excluding hydrogens is 504 g/mol. The second kappa shape index (κ2) is 8.51. The highest BCUT2D eigenvalue weighted by atomic mass is 79.9. The van der Waals surface area contributed by atoms with Gasteiger partial charge in [-0.3, -0.25) is 9.69 Å². The number of fused-ring (bicyclic) bond motifs is 1. The summed E-state index contributed by atoms with van der Waals surface area (Å²) in [5.41, 5.74) is 10.4. The van der Waals surface area contributed by atoms with Crippen LogP contribution in [-0.4, -0.2) is 5.78 Å². The molecule has 8 heteroatoms. The summed E-state index contributed by atoms with van der Waals surface area (Å²) in [6.07, 6.45) is 7.16. The third kappa shape index (κ3) is 3.33. The van der Waals surface area contributed by atoms with Crippen molar-refractivity contribution in [2.75, 3.05) is 4.90 Å². The molecular formula is C24H21BrN4OS2. The molecule has 0 saturated carbocycles. The van der Waals surface area contributed by atoms with Gasteiger partial charge in [-0.2, -0.15) is 10.5 Å². The predicted octanol–water partition coefficient (Wildman–Crippen LogP) is 6.02. The van der Waals surface area contributed by atoms with E-state index in [1.165, 1.54) is 22.6 Å². The number of nitriles is 2. The van der Waals surface area contributed by atoms with E-state index in [1.807, 2.05) is 17.0 Å². The average molecular weight is 525 g/mol. The van der Waals surface area contributed by atoms with Crippen molar-refractivity contribution in [2.45, 2.75) is 57.3 Å². The van der Waals surface area contributed by atoms with Gasteiger partial charge in [0.15, 0.2) is 5.78 Å². The van der Waals surface area contributed by atoms with E-state index in [1.54, 1.807) is 11.3 Å². The molecule has 2 aliphatic carbocycles. The van der Waals surface area contributed by atoms with E-state index in [0.717, 1.165) is 57.0 Å². The molecule has 5 nitrogen and oxygen atoms in total. The van der Waals surface area contributed by atoms with Crippen molar-refractivity contribution in [1.82, 2.24) is 0 Å². The van der Waals surface area contributed by atoms with E-state index in [0.29, 0.717) is 35.4 Å². The van der Waals surface area contributed by atoms with E-state index in [9.17, 15) is 15.3 Å². The third-order valence-corrected chi connectivity index (χ3v) is 9.47. The second-order valence-electron chi connectivity index (χ2n) is 8.31. The minimum absolute atomic E-state index is 0.0719. The number of carbonyl (C=O) groups excluding carboxylic acids is 1.